The van der Waals surface area contributed by atoms with Gasteiger partial charge in [0.2, 0.25) is 0 Å². The first-order chi connectivity index (χ1) is 12.4. The largest absolute Gasteiger partial charge is 0.445 e. The number of nitrogens with one attached hydrogen (secondary N) is 2. The first-order valence-electron chi connectivity index (χ1n) is 8.32. The number of amides is 2. The van der Waals surface area contributed by atoms with Crippen molar-refractivity contribution in [1.29, 1.82) is 0 Å². The number of alkyl carbamates (subject to hydrolysis) is 2. The van der Waals surface area contributed by atoms with Crippen molar-refractivity contribution in [2.24, 2.45) is 7.05 Å². The van der Waals surface area contributed by atoms with Crippen molar-refractivity contribution >= 4 is 12.2 Å². The molecule has 0 fully saturated rings. The minimum absolute atomic E-state index is 0.0804. The van der Waals surface area contributed by atoms with E-state index in [-0.39, 0.29) is 13.2 Å². The summed E-state index contributed by atoms with van der Waals surface area (Å²) >= 11 is 0. The van der Waals surface area contributed by atoms with E-state index in [0.717, 1.165) is 33.6 Å². The molecule has 0 aliphatic carbocycles. The molecule has 0 atom stereocenters. The van der Waals surface area contributed by atoms with Crippen LogP contribution in [0.5, 0.6) is 0 Å². The number of aromatic nitrogens is 1. The van der Waals surface area contributed by atoms with Crippen molar-refractivity contribution in [3.63, 3.8) is 0 Å². The lowest BCUT2D eigenvalue weighted by Crippen LogP contribution is -2.20. The van der Waals surface area contributed by atoms with Gasteiger partial charge in [-0.3, -0.25) is 0 Å². The highest BCUT2D eigenvalue weighted by molar-refractivity contribution is 5.70. The van der Waals surface area contributed by atoms with E-state index in [9.17, 15) is 9.59 Å². The lowest BCUT2D eigenvalue weighted by molar-refractivity contribution is 0.134. The van der Waals surface area contributed by atoms with E-state index in [4.69, 9.17) is 9.47 Å². The summed E-state index contributed by atoms with van der Waals surface area (Å²) in [5.41, 5.74) is 5.69. The zero-order valence-electron chi connectivity index (χ0n) is 15.8. The van der Waals surface area contributed by atoms with Gasteiger partial charge in [0.15, 0.2) is 0 Å². The second-order valence-electron chi connectivity index (χ2n) is 5.97. The molecular formula is C19H25N3O4. The van der Waals surface area contributed by atoms with Crippen LogP contribution in [0, 0.1) is 13.8 Å². The smallest absolute Gasteiger partial charge is 0.407 e. The van der Waals surface area contributed by atoms with Gasteiger partial charge < -0.3 is 24.7 Å². The lowest BCUT2D eigenvalue weighted by atomic mass is 10.0. The minimum atomic E-state index is -0.514. The molecule has 2 amide bonds. The Morgan fingerprint density at radius 1 is 0.923 bits per heavy atom. The van der Waals surface area contributed by atoms with E-state index in [1.165, 1.54) is 14.1 Å². The minimum Gasteiger partial charge on any atom is -0.445 e. The standard InChI is InChI=1S/C19H25N3O4/c1-12-6-8-14(9-7-12)17-16(11-26-19(24)21-4)15(13(2)22(17)5)10-25-18(23)20-3/h6-9H,10-11H2,1-5H3,(H,20,23)(H,21,24). The van der Waals surface area contributed by atoms with E-state index in [2.05, 4.69) is 10.6 Å². The van der Waals surface area contributed by atoms with E-state index in [0.29, 0.717) is 0 Å². The molecular weight excluding hydrogens is 334 g/mol. The number of hydrogen-bond donors (Lipinski definition) is 2. The van der Waals surface area contributed by atoms with Crippen LogP contribution in [0.15, 0.2) is 24.3 Å². The van der Waals surface area contributed by atoms with Crippen molar-refractivity contribution < 1.29 is 19.1 Å². The number of carbonyl (C=O) groups is 2. The van der Waals surface area contributed by atoms with E-state index in [1.807, 2.05) is 49.7 Å². The number of rotatable bonds is 5. The molecule has 1 aromatic heterocycles. The normalized spacial score (nSPS) is 10.3. The molecule has 0 bridgehead atoms. The van der Waals surface area contributed by atoms with Crippen LogP contribution in [-0.2, 0) is 29.7 Å². The zero-order valence-corrected chi connectivity index (χ0v) is 15.8. The van der Waals surface area contributed by atoms with Crippen LogP contribution < -0.4 is 10.6 Å². The molecule has 0 radical (unpaired) electrons. The average Bonchev–Trinajstić information content (AvgIpc) is 2.88. The third-order valence-corrected chi connectivity index (χ3v) is 4.35. The Morgan fingerprint density at radius 2 is 1.42 bits per heavy atom. The second kappa shape index (κ2) is 8.42. The molecule has 0 saturated carbocycles. The first-order valence-corrected chi connectivity index (χ1v) is 8.32. The highest BCUT2D eigenvalue weighted by Crippen LogP contribution is 2.32. The maximum absolute atomic E-state index is 11.6. The van der Waals surface area contributed by atoms with Gasteiger partial charge in [0.05, 0.1) is 5.69 Å². The van der Waals surface area contributed by atoms with Crippen molar-refractivity contribution in [2.45, 2.75) is 27.1 Å². The Kier molecular flexibility index (Phi) is 6.27. The molecule has 7 heteroatoms. The van der Waals surface area contributed by atoms with Crippen molar-refractivity contribution in [3.8, 4) is 11.3 Å². The predicted molar refractivity (Wildman–Crippen MR) is 98.8 cm³/mol. The number of benzene rings is 1. The van der Waals surface area contributed by atoms with Gasteiger partial charge >= 0.3 is 12.2 Å². The van der Waals surface area contributed by atoms with Gasteiger partial charge in [0, 0.05) is 38.0 Å². The van der Waals surface area contributed by atoms with Crippen LogP contribution in [-0.4, -0.2) is 30.8 Å². The quantitative estimate of drug-likeness (QED) is 0.860. The Hall–Kier alpha value is -2.96. The Bertz CT molecular complexity index is 794. The fourth-order valence-corrected chi connectivity index (χ4v) is 2.78. The fraction of sp³-hybridized carbons (Fsp3) is 0.368. The summed E-state index contributed by atoms with van der Waals surface area (Å²) < 4.78 is 12.5. The summed E-state index contributed by atoms with van der Waals surface area (Å²) in [6.07, 6.45) is -1.03. The van der Waals surface area contributed by atoms with Gasteiger partial charge in [-0.1, -0.05) is 29.8 Å². The van der Waals surface area contributed by atoms with Gasteiger partial charge in [-0.15, -0.1) is 0 Å². The van der Waals surface area contributed by atoms with E-state index >= 15 is 0 Å². The number of ether oxygens (including phenoxy) is 2. The van der Waals surface area contributed by atoms with Crippen LogP contribution in [0.25, 0.3) is 11.3 Å². The second-order valence-corrected chi connectivity index (χ2v) is 5.97. The molecule has 7 nitrogen and oxygen atoms in total. The topological polar surface area (TPSA) is 81.6 Å². The molecule has 140 valence electrons. The van der Waals surface area contributed by atoms with Crippen LogP contribution in [0.2, 0.25) is 0 Å². The molecule has 1 heterocycles. The molecule has 0 aliphatic rings. The summed E-state index contributed by atoms with van der Waals surface area (Å²) in [5.74, 6) is 0. The number of hydrogen-bond acceptors (Lipinski definition) is 4. The van der Waals surface area contributed by atoms with E-state index < -0.39 is 12.2 Å². The fourth-order valence-electron chi connectivity index (χ4n) is 2.78. The molecule has 0 unspecified atom stereocenters. The molecule has 1 aromatic carbocycles. The summed E-state index contributed by atoms with van der Waals surface area (Å²) in [6, 6.07) is 8.11. The summed E-state index contributed by atoms with van der Waals surface area (Å²) in [7, 11) is 4.96. The highest BCUT2D eigenvalue weighted by atomic mass is 16.6. The highest BCUT2D eigenvalue weighted by Gasteiger charge is 2.22. The Labute approximate surface area is 153 Å². The number of carbonyl (C=O) groups excluding carboxylic acids is 2. The average molecular weight is 359 g/mol. The molecule has 0 aliphatic heterocycles. The van der Waals surface area contributed by atoms with Crippen LogP contribution >= 0.6 is 0 Å². The van der Waals surface area contributed by atoms with Gasteiger partial charge in [0.1, 0.15) is 13.2 Å². The van der Waals surface area contributed by atoms with Crippen molar-refractivity contribution in [1.82, 2.24) is 15.2 Å². The molecule has 2 aromatic rings. The summed E-state index contributed by atoms with van der Waals surface area (Å²) in [6.45, 7) is 4.15. The zero-order chi connectivity index (χ0) is 19.3. The maximum Gasteiger partial charge on any atom is 0.407 e. The molecule has 2 N–H and O–H groups in total. The predicted octanol–water partition coefficient (Wildman–Crippen LogP) is 3.02. The van der Waals surface area contributed by atoms with Crippen LogP contribution in [0.4, 0.5) is 9.59 Å². The summed E-state index contributed by atoms with van der Waals surface area (Å²) in [4.78, 5) is 23.0. The maximum atomic E-state index is 11.6. The van der Waals surface area contributed by atoms with Crippen LogP contribution in [0.3, 0.4) is 0 Å². The molecule has 0 saturated heterocycles. The van der Waals surface area contributed by atoms with Crippen molar-refractivity contribution in [2.75, 3.05) is 14.1 Å². The van der Waals surface area contributed by atoms with Crippen molar-refractivity contribution in [3.05, 3.63) is 46.6 Å². The molecule has 26 heavy (non-hydrogen) atoms. The lowest BCUT2D eigenvalue weighted by Gasteiger charge is -2.11. The third kappa shape index (κ3) is 4.17. The van der Waals surface area contributed by atoms with Gasteiger partial charge in [0.25, 0.3) is 0 Å². The monoisotopic (exact) mass is 359 g/mol. The number of nitrogens with zero attached hydrogens (tertiary/aromatic N) is 1. The number of aryl methyl sites for hydroxylation is 1. The molecule has 2 rings (SSSR count). The first kappa shape index (κ1) is 19.4. The van der Waals surface area contributed by atoms with Gasteiger partial charge in [-0.2, -0.15) is 0 Å². The van der Waals surface area contributed by atoms with Gasteiger partial charge in [-0.25, -0.2) is 9.59 Å². The van der Waals surface area contributed by atoms with Crippen LogP contribution in [0.1, 0.15) is 22.4 Å². The Balaban J connectivity index is 2.48. The third-order valence-electron chi connectivity index (χ3n) is 4.35. The summed E-state index contributed by atoms with van der Waals surface area (Å²) in [5, 5.41) is 4.87. The van der Waals surface area contributed by atoms with Gasteiger partial charge in [-0.05, 0) is 19.4 Å². The Morgan fingerprint density at radius 3 is 1.92 bits per heavy atom. The van der Waals surface area contributed by atoms with E-state index in [1.54, 1.807) is 0 Å². The SMILES string of the molecule is CNC(=O)OCc1c(COC(=O)NC)c(-c2ccc(C)cc2)n(C)c1C. The molecule has 0 spiro atoms.